The van der Waals surface area contributed by atoms with E-state index in [0.717, 1.165) is 15.2 Å². The molecular weight excluding hydrogens is 404 g/mol. The Hall–Kier alpha value is -1.57. The lowest BCUT2D eigenvalue weighted by atomic mass is 10.1. The lowest BCUT2D eigenvalue weighted by molar-refractivity contribution is -0.138. The summed E-state index contributed by atoms with van der Waals surface area (Å²) >= 11 is 7.50. The van der Waals surface area contributed by atoms with Crippen molar-refractivity contribution >= 4 is 56.8 Å². The van der Waals surface area contributed by atoms with E-state index in [-0.39, 0.29) is 18.2 Å². The van der Waals surface area contributed by atoms with Crippen LogP contribution in [0.1, 0.15) is 12.8 Å². The van der Waals surface area contributed by atoms with Gasteiger partial charge < -0.3 is 15.3 Å². The lowest BCUT2D eigenvalue weighted by Crippen LogP contribution is -2.47. The highest BCUT2D eigenvalue weighted by atomic mass is 79.9. The van der Waals surface area contributed by atoms with Gasteiger partial charge in [0.1, 0.15) is 6.04 Å². The highest BCUT2D eigenvalue weighted by Crippen LogP contribution is 2.25. The number of anilines is 1. The van der Waals surface area contributed by atoms with Gasteiger partial charge in [0, 0.05) is 23.1 Å². The summed E-state index contributed by atoms with van der Waals surface area (Å²) in [4.78, 5) is 26.2. The molecule has 1 aliphatic heterocycles. The van der Waals surface area contributed by atoms with Gasteiger partial charge >= 0.3 is 0 Å². The molecular formula is C18H19BrN2O3S. The van der Waals surface area contributed by atoms with Crippen LogP contribution in [0.2, 0.25) is 0 Å². The topological polar surface area (TPSA) is 69.6 Å². The number of thiol groups is 1. The van der Waals surface area contributed by atoms with Crippen LogP contribution in [0.15, 0.2) is 40.9 Å². The Labute approximate surface area is 159 Å². The van der Waals surface area contributed by atoms with Gasteiger partial charge in [-0.3, -0.25) is 9.59 Å². The molecule has 132 valence electrons. The van der Waals surface area contributed by atoms with E-state index in [1.165, 1.54) is 4.90 Å². The smallest absolute Gasteiger partial charge is 0.249 e. The molecule has 0 unspecified atom stereocenters. The van der Waals surface area contributed by atoms with E-state index in [4.69, 9.17) is 0 Å². The molecule has 1 heterocycles. The third kappa shape index (κ3) is 3.99. The molecule has 2 amide bonds. The van der Waals surface area contributed by atoms with E-state index in [2.05, 4.69) is 33.9 Å². The highest BCUT2D eigenvalue weighted by molar-refractivity contribution is 9.10. The third-order valence-corrected chi connectivity index (χ3v) is 5.07. The fourth-order valence-electron chi connectivity index (χ4n) is 3.12. The molecule has 25 heavy (non-hydrogen) atoms. The Bertz CT molecular complexity index is 814. The van der Waals surface area contributed by atoms with Crippen molar-refractivity contribution in [3.8, 4) is 0 Å². The van der Waals surface area contributed by atoms with Crippen molar-refractivity contribution in [1.82, 2.24) is 4.90 Å². The van der Waals surface area contributed by atoms with Gasteiger partial charge in [-0.1, -0.05) is 28.1 Å². The van der Waals surface area contributed by atoms with Crippen molar-refractivity contribution in [3.05, 3.63) is 40.9 Å². The number of aliphatic hydroxyl groups excluding tert-OH is 1. The Balaban J connectivity index is 1.78. The number of nitrogens with zero attached hydrogens (tertiary/aromatic N) is 1. The van der Waals surface area contributed by atoms with Crippen LogP contribution in [-0.2, 0) is 9.59 Å². The fraction of sp³-hybridized carbons (Fsp3) is 0.333. The molecule has 1 aliphatic rings. The first kappa shape index (κ1) is 18.2. The second kappa shape index (κ2) is 7.76. The number of nitrogens with one attached hydrogen (secondary N) is 1. The van der Waals surface area contributed by atoms with E-state index in [1.54, 1.807) is 0 Å². The van der Waals surface area contributed by atoms with Crippen LogP contribution in [0, 0.1) is 0 Å². The van der Waals surface area contributed by atoms with E-state index in [9.17, 15) is 14.7 Å². The van der Waals surface area contributed by atoms with Gasteiger partial charge in [-0.2, -0.15) is 12.6 Å². The zero-order valence-electron chi connectivity index (χ0n) is 13.5. The maximum atomic E-state index is 12.6. The van der Waals surface area contributed by atoms with Gasteiger partial charge in [0.05, 0.1) is 6.10 Å². The molecule has 3 rings (SSSR count). The number of aliphatic hydroxyl groups is 1. The maximum Gasteiger partial charge on any atom is 0.249 e. The summed E-state index contributed by atoms with van der Waals surface area (Å²) in [7, 11) is 0. The monoisotopic (exact) mass is 422 g/mol. The standard InChI is InChI=1S/C18H19BrN2O3S/c19-13-3-1-12-10-14(4-2-11(12)9-13)20-18(24)17-15(22)5-7-21(17)16(23)6-8-25/h1-4,9-10,15,17,22,25H,5-8H2,(H,20,24)/t15-,17+/m1/s1. The largest absolute Gasteiger partial charge is 0.390 e. The predicted octanol–water partition coefficient (Wildman–Crippen LogP) is 2.82. The van der Waals surface area contributed by atoms with E-state index >= 15 is 0 Å². The maximum absolute atomic E-state index is 12.6. The molecule has 2 aromatic rings. The fourth-order valence-corrected chi connectivity index (χ4v) is 3.69. The van der Waals surface area contributed by atoms with E-state index in [0.29, 0.717) is 24.4 Å². The Kier molecular flexibility index (Phi) is 5.66. The Morgan fingerprint density at radius 1 is 1.24 bits per heavy atom. The molecule has 0 aromatic heterocycles. The number of halogens is 1. The van der Waals surface area contributed by atoms with Crippen LogP contribution < -0.4 is 5.32 Å². The van der Waals surface area contributed by atoms with Crippen molar-refractivity contribution < 1.29 is 14.7 Å². The summed E-state index contributed by atoms with van der Waals surface area (Å²) in [6.07, 6.45) is -0.188. The van der Waals surface area contributed by atoms with Crippen LogP contribution >= 0.6 is 28.6 Å². The first-order valence-corrected chi connectivity index (χ1v) is 9.51. The van der Waals surface area contributed by atoms with Gasteiger partial charge in [-0.25, -0.2) is 0 Å². The van der Waals surface area contributed by atoms with Crippen molar-refractivity contribution in [2.75, 3.05) is 17.6 Å². The number of fused-ring (bicyclic) bond motifs is 1. The van der Waals surface area contributed by atoms with E-state index in [1.807, 2.05) is 36.4 Å². The lowest BCUT2D eigenvalue weighted by Gasteiger charge is -2.25. The van der Waals surface area contributed by atoms with Crippen molar-refractivity contribution in [3.63, 3.8) is 0 Å². The van der Waals surface area contributed by atoms with Crippen LogP contribution in [0.5, 0.6) is 0 Å². The molecule has 0 bridgehead atoms. The normalized spacial score (nSPS) is 20.0. The van der Waals surface area contributed by atoms with Crippen molar-refractivity contribution in [2.24, 2.45) is 0 Å². The average molecular weight is 423 g/mol. The first-order chi connectivity index (χ1) is 12.0. The van der Waals surface area contributed by atoms with Crippen LogP contribution in [0.25, 0.3) is 10.8 Å². The first-order valence-electron chi connectivity index (χ1n) is 8.08. The number of hydrogen-bond acceptors (Lipinski definition) is 4. The summed E-state index contributed by atoms with van der Waals surface area (Å²) < 4.78 is 0.990. The number of benzene rings is 2. The second-order valence-electron chi connectivity index (χ2n) is 6.06. The second-order valence-corrected chi connectivity index (χ2v) is 7.42. The van der Waals surface area contributed by atoms with Crippen LogP contribution in [0.3, 0.4) is 0 Å². The highest BCUT2D eigenvalue weighted by Gasteiger charge is 2.40. The summed E-state index contributed by atoms with van der Waals surface area (Å²) in [5.41, 5.74) is 0.639. The van der Waals surface area contributed by atoms with E-state index < -0.39 is 12.1 Å². The Morgan fingerprint density at radius 2 is 1.96 bits per heavy atom. The summed E-state index contributed by atoms with van der Waals surface area (Å²) in [5, 5.41) is 15.0. The number of carbonyl (C=O) groups excluding carboxylic acids is 2. The minimum atomic E-state index is -0.854. The van der Waals surface area contributed by atoms with Crippen molar-refractivity contribution in [1.29, 1.82) is 0 Å². The minimum absolute atomic E-state index is 0.157. The van der Waals surface area contributed by atoms with Gasteiger partial charge in [0.25, 0.3) is 0 Å². The van der Waals surface area contributed by atoms with Crippen molar-refractivity contribution in [2.45, 2.75) is 25.0 Å². The summed E-state index contributed by atoms with van der Waals surface area (Å²) in [5.74, 6) is -0.107. The summed E-state index contributed by atoms with van der Waals surface area (Å²) in [6, 6.07) is 10.7. The molecule has 0 spiro atoms. The number of rotatable bonds is 4. The van der Waals surface area contributed by atoms with Crippen LogP contribution in [0.4, 0.5) is 5.69 Å². The molecule has 7 heteroatoms. The Morgan fingerprint density at radius 3 is 2.72 bits per heavy atom. The van der Waals surface area contributed by atoms with Gasteiger partial charge in [-0.05, 0) is 47.2 Å². The molecule has 1 saturated heterocycles. The molecule has 5 nitrogen and oxygen atoms in total. The molecule has 1 fully saturated rings. The predicted molar refractivity (Wildman–Crippen MR) is 105 cm³/mol. The average Bonchev–Trinajstić information content (AvgIpc) is 2.97. The third-order valence-electron chi connectivity index (χ3n) is 4.35. The number of carbonyl (C=O) groups is 2. The molecule has 2 N–H and O–H groups in total. The van der Waals surface area contributed by atoms with Gasteiger partial charge in [-0.15, -0.1) is 0 Å². The molecule has 0 aliphatic carbocycles. The number of amides is 2. The van der Waals surface area contributed by atoms with Crippen LogP contribution in [-0.4, -0.2) is 46.3 Å². The number of hydrogen-bond donors (Lipinski definition) is 3. The van der Waals surface area contributed by atoms with Gasteiger partial charge in [0.2, 0.25) is 11.8 Å². The minimum Gasteiger partial charge on any atom is -0.390 e. The zero-order chi connectivity index (χ0) is 18.0. The molecule has 2 aromatic carbocycles. The molecule has 0 radical (unpaired) electrons. The van der Waals surface area contributed by atoms with Gasteiger partial charge in [0.15, 0.2) is 0 Å². The SMILES string of the molecule is O=C(Nc1ccc2cc(Br)ccc2c1)[C@@H]1[C@H](O)CCN1C(=O)CCS. The molecule has 2 atom stereocenters. The quantitative estimate of drug-likeness (QED) is 0.663. The number of likely N-dealkylation sites (tertiary alicyclic amines) is 1. The zero-order valence-corrected chi connectivity index (χ0v) is 16.0. The molecule has 0 saturated carbocycles. The summed E-state index contributed by atoms with van der Waals surface area (Å²) in [6.45, 7) is 0.387.